The molecule has 2 aromatic rings. The summed E-state index contributed by atoms with van der Waals surface area (Å²) in [6.07, 6.45) is 0.772. The largest absolute Gasteiger partial charge is 0.344 e. The zero-order valence-electron chi connectivity index (χ0n) is 10.9. The number of aromatic nitrogens is 1. The molecule has 1 aliphatic heterocycles. The van der Waals surface area contributed by atoms with E-state index in [2.05, 4.69) is 15.8 Å². The zero-order valence-corrected chi connectivity index (χ0v) is 10.9. The Morgan fingerprint density at radius 2 is 2.24 bits per heavy atom. The van der Waals surface area contributed by atoms with E-state index in [1.165, 1.54) is 12.1 Å². The maximum Gasteiger partial charge on any atom is 0.249 e. The van der Waals surface area contributed by atoms with E-state index in [0.29, 0.717) is 18.5 Å². The number of nitrogens with zero attached hydrogens (tertiary/aromatic N) is 1. The van der Waals surface area contributed by atoms with Crippen molar-refractivity contribution < 1.29 is 18.5 Å². The molecule has 0 saturated carbocycles. The Balaban J connectivity index is 1.72. The van der Waals surface area contributed by atoms with E-state index in [1.807, 2.05) is 0 Å². The molecule has 2 heterocycles. The summed E-state index contributed by atoms with van der Waals surface area (Å²) in [5.41, 5.74) is 0.578. The van der Waals surface area contributed by atoms with Crippen LogP contribution in [0.3, 0.4) is 0 Å². The third-order valence-electron chi connectivity index (χ3n) is 3.22. The van der Waals surface area contributed by atoms with Crippen LogP contribution < -0.4 is 10.6 Å². The lowest BCUT2D eigenvalue weighted by atomic mass is 10.1. The number of benzene rings is 1. The predicted molar refractivity (Wildman–Crippen MR) is 71.7 cm³/mol. The van der Waals surface area contributed by atoms with Crippen LogP contribution in [0.1, 0.15) is 12.8 Å². The molecule has 6 nitrogen and oxygen atoms in total. The molecule has 1 saturated heterocycles. The topological polar surface area (TPSA) is 84.2 Å². The number of hydrogen-bond acceptors (Lipinski definition) is 4. The Morgan fingerprint density at radius 3 is 2.95 bits per heavy atom. The second kappa shape index (κ2) is 5.35. The van der Waals surface area contributed by atoms with E-state index in [0.717, 1.165) is 0 Å². The van der Waals surface area contributed by atoms with Crippen LogP contribution in [0.15, 0.2) is 34.9 Å². The molecule has 7 heteroatoms. The van der Waals surface area contributed by atoms with Gasteiger partial charge in [0.15, 0.2) is 0 Å². The van der Waals surface area contributed by atoms with Gasteiger partial charge in [0.2, 0.25) is 17.7 Å². The Bertz CT molecular complexity index is 698. The fraction of sp³-hybridized carbons (Fsp3) is 0.214. The van der Waals surface area contributed by atoms with Crippen LogP contribution in [-0.2, 0) is 9.59 Å². The van der Waals surface area contributed by atoms with Gasteiger partial charge in [-0.2, -0.15) is 0 Å². The van der Waals surface area contributed by atoms with Gasteiger partial charge in [-0.15, -0.1) is 0 Å². The van der Waals surface area contributed by atoms with Crippen molar-refractivity contribution in [1.29, 1.82) is 0 Å². The van der Waals surface area contributed by atoms with Crippen LogP contribution in [0.25, 0.3) is 11.3 Å². The highest BCUT2D eigenvalue weighted by Crippen LogP contribution is 2.24. The lowest BCUT2D eigenvalue weighted by Crippen LogP contribution is -2.37. The molecule has 0 spiro atoms. The van der Waals surface area contributed by atoms with E-state index in [4.69, 9.17) is 4.52 Å². The predicted octanol–water partition coefficient (Wildman–Crippen LogP) is 1.70. The van der Waals surface area contributed by atoms with Gasteiger partial charge in [0, 0.05) is 18.1 Å². The van der Waals surface area contributed by atoms with Crippen LogP contribution in [0.4, 0.5) is 10.3 Å². The molecule has 0 unspecified atom stereocenters. The van der Waals surface area contributed by atoms with Crippen LogP contribution in [0.2, 0.25) is 0 Å². The van der Waals surface area contributed by atoms with Crippen LogP contribution in [0.5, 0.6) is 0 Å². The first-order valence-electron chi connectivity index (χ1n) is 6.45. The molecule has 21 heavy (non-hydrogen) atoms. The van der Waals surface area contributed by atoms with E-state index in [-0.39, 0.29) is 23.3 Å². The molecule has 2 N–H and O–H groups in total. The molecule has 1 aromatic heterocycles. The normalized spacial score (nSPS) is 17.6. The molecule has 2 amide bonds. The summed E-state index contributed by atoms with van der Waals surface area (Å²) in [6.45, 7) is 0. The highest BCUT2D eigenvalue weighted by atomic mass is 19.1. The van der Waals surface area contributed by atoms with Gasteiger partial charge in [0.25, 0.3) is 0 Å². The van der Waals surface area contributed by atoms with Gasteiger partial charge in [-0.3, -0.25) is 14.9 Å². The van der Waals surface area contributed by atoms with Gasteiger partial charge in [-0.05, 0) is 18.6 Å². The van der Waals surface area contributed by atoms with Gasteiger partial charge in [0.05, 0.1) is 0 Å². The standard InChI is InChI=1S/C14H12FN3O3/c15-9-4-2-1-3-8(9)11-7-13(21-18-11)17-14(20)10-5-6-12(19)16-10/h1-4,7,10H,5-6H2,(H,16,19)(H,17,20)/t10-/m0/s1. The molecule has 1 atom stereocenters. The average Bonchev–Trinajstić information content (AvgIpc) is 3.08. The smallest absolute Gasteiger partial charge is 0.249 e. The summed E-state index contributed by atoms with van der Waals surface area (Å²) >= 11 is 0. The quantitative estimate of drug-likeness (QED) is 0.900. The van der Waals surface area contributed by atoms with Crippen molar-refractivity contribution in [1.82, 2.24) is 10.5 Å². The number of hydrogen-bond donors (Lipinski definition) is 2. The minimum absolute atomic E-state index is 0.111. The van der Waals surface area contributed by atoms with Gasteiger partial charge < -0.3 is 9.84 Å². The Hall–Kier alpha value is -2.70. The molecule has 0 radical (unpaired) electrons. The molecule has 1 aliphatic rings. The van der Waals surface area contributed by atoms with Crippen molar-refractivity contribution in [3.05, 3.63) is 36.1 Å². The van der Waals surface area contributed by atoms with E-state index < -0.39 is 11.9 Å². The Labute approximate surface area is 119 Å². The number of anilines is 1. The molecule has 0 bridgehead atoms. The number of carbonyl (C=O) groups is 2. The second-order valence-corrected chi connectivity index (χ2v) is 4.70. The monoisotopic (exact) mass is 289 g/mol. The number of halogens is 1. The van der Waals surface area contributed by atoms with Gasteiger partial charge in [-0.25, -0.2) is 4.39 Å². The van der Waals surface area contributed by atoms with Gasteiger partial charge in [0.1, 0.15) is 17.6 Å². The average molecular weight is 289 g/mol. The molecular weight excluding hydrogens is 277 g/mol. The summed E-state index contributed by atoms with van der Waals surface area (Å²) in [6, 6.07) is 7.00. The molecule has 108 valence electrons. The SMILES string of the molecule is O=C1CC[C@@H](C(=O)Nc2cc(-c3ccccc3F)no2)N1. The van der Waals surface area contributed by atoms with Crippen molar-refractivity contribution in [3.8, 4) is 11.3 Å². The van der Waals surface area contributed by atoms with E-state index in [9.17, 15) is 14.0 Å². The summed E-state index contributed by atoms with van der Waals surface area (Å²) in [5.74, 6) is -0.844. The van der Waals surface area contributed by atoms with Crippen molar-refractivity contribution in [2.45, 2.75) is 18.9 Å². The number of nitrogens with one attached hydrogen (secondary N) is 2. The molecule has 1 aromatic carbocycles. The number of rotatable bonds is 3. The van der Waals surface area contributed by atoms with Crippen molar-refractivity contribution in [2.24, 2.45) is 0 Å². The minimum Gasteiger partial charge on any atom is -0.344 e. The van der Waals surface area contributed by atoms with Crippen molar-refractivity contribution in [3.63, 3.8) is 0 Å². The molecule has 0 aliphatic carbocycles. The maximum absolute atomic E-state index is 13.6. The maximum atomic E-state index is 13.6. The highest BCUT2D eigenvalue weighted by Gasteiger charge is 2.27. The summed E-state index contributed by atoms with van der Waals surface area (Å²) in [7, 11) is 0. The fourth-order valence-electron chi connectivity index (χ4n) is 2.15. The first-order valence-corrected chi connectivity index (χ1v) is 6.45. The minimum atomic E-state index is -0.570. The van der Waals surface area contributed by atoms with E-state index >= 15 is 0 Å². The number of amides is 2. The summed E-state index contributed by atoms with van der Waals surface area (Å²) < 4.78 is 18.6. The lowest BCUT2D eigenvalue weighted by Gasteiger charge is -2.07. The van der Waals surface area contributed by atoms with Crippen LogP contribution in [0, 0.1) is 5.82 Å². The first kappa shape index (κ1) is 13.3. The fourth-order valence-corrected chi connectivity index (χ4v) is 2.15. The van der Waals surface area contributed by atoms with Gasteiger partial charge in [-0.1, -0.05) is 17.3 Å². The van der Waals surface area contributed by atoms with Crippen LogP contribution in [-0.4, -0.2) is 23.0 Å². The van der Waals surface area contributed by atoms with Crippen molar-refractivity contribution >= 4 is 17.7 Å². The molecule has 3 rings (SSSR count). The Morgan fingerprint density at radius 1 is 1.43 bits per heavy atom. The second-order valence-electron chi connectivity index (χ2n) is 4.70. The summed E-state index contributed by atoms with van der Waals surface area (Å²) in [5, 5.41) is 8.78. The first-order chi connectivity index (χ1) is 10.1. The summed E-state index contributed by atoms with van der Waals surface area (Å²) in [4.78, 5) is 23.0. The number of carbonyl (C=O) groups excluding carboxylic acids is 2. The highest BCUT2D eigenvalue weighted by molar-refractivity contribution is 5.98. The van der Waals surface area contributed by atoms with Gasteiger partial charge >= 0.3 is 0 Å². The lowest BCUT2D eigenvalue weighted by molar-refractivity contribution is -0.122. The molecule has 1 fully saturated rings. The third-order valence-corrected chi connectivity index (χ3v) is 3.22. The Kier molecular flexibility index (Phi) is 3.39. The molecular formula is C14H12FN3O3. The van der Waals surface area contributed by atoms with E-state index in [1.54, 1.807) is 18.2 Å². The van der Waals surface area contributed by atoms with Crippen LogP contribution >= 0.6 is 0 Å². The van der Waals surface area contributed by atoms with Crippen molar-refractivity contribution in [2.75, 3.05) is 5.32 Å². The zero-order chi connectivity index (χ0) is 14.8. The third kappa shape index (κ3) is 2.76.